The quantitative estimate of drug-likeness (QED) is 0.683. The van der Waals surface area contributed by atoms with E-state index in [9.17, 15) is 4.39 Å². The highest BCUT2D eigenvalue weighted by Gasteiger charge is 2.22. The largest absolute Gasteiger partial charge is 0.206 e. The van der Waals surface area contributed by atoms with E-state index in [0.29, 0.717) is 0 Å². The lowest BCUT2D eigenvalue weighted by Crippen LogP contribution is -2.15. The van der Waals surface area contributed by atoms with Crippen molar-refractivity contribution in [1.82, 2.24) is 0 Å². The van der Waals surface area contributed by atoms with Crippen LogP contribution in [-0.4, -0.2) is 0 Å². The summed E-state index contributed by atoms with van der Waals surface area (Å²) >= 11 is 0. The fraction of sp³-hybridized carbons (Fsp3) is 0.462. The predicted molar refractivity (Wildman–Crippen MR) is 59.0 cm³/mol. The maximum Gasteiger partial charge on any atom is 0.141 e. The van der Waals surface area contributed by atoms with Crippen LogP contribution >= 0.6 is 0 Å². The number of nitriles is 1. The zero-order valence-corrected chi connectivity index (χ0v) is 9.63. The summed E-state index contributed by atoms with van der Waals surface area (Å²) in [7, 11) is 0. The van der Waals surface area contributed by atoms with Crippen molar-refractivity contribution in [3.63, 3.8) is 0 Å². The Morgan fingerprint density at radius 3 is 2.33 bits per heavy atom. The summed E-state index contributed by atoms with van der Waals surface area (Å²) in [4.78, 5) is 0. The SMILES string of the molecule is C[C@H](c1ccc(C#N)c(F)c1)C(C)(C)C. The number of nitrogens with zero attached hydrogens (tertiary/aromatic N) is 1. The molecule has 0 saturated carbocycles. The van der Waals surface area contributed by atoms with Crippen LogP contribution in [0.3, 0.4) is 0 Å². The van der Waals surface area contributed by atoms with E-state index >= 15 is 0 Å². The summed E-state index contributed by atoms with van der Waals surface area (Å²) in [6, 6.07) is 6.67. The van der Waals surface area contributed by atoms with Gasteiger partial charge in [-0.25, -0.2) is 4.39 Å². The van der Waals surface area contributed by atoms with Crippen LogP contribution in [0.4, 0.5) is 4.39 Å². The Balaban J connectivity index is 3.09. The van der Waals surface area contributed by atoms with Gasteiger partial charge in [-0.3, -0.25) is 0 Å². The molecule has 1 aromatic rings. The molecule has 0 saturated heterocycles. The molecule has 0 fully saturated rings. The number of benzene rings is 1. The molecule has 1 rings (SSSR count). The Bertz CT molecular complexity index is 396. The monoisotopic (exact) mass is 205 g/mol. The van der Waals surface area contributed by atoms with E-state index in [-0.39, 0.29) is 16.9 Å². The van der Waals surface area contributed by atoms with E-state index in [1.165, 1.54) is 6.07 Å². The molecular formula is C13H16FN. The molecule has 0 spiro atoms. The van der Waals surface area contributed by atoms with E-state index in [1.54, 1.807) is 6.07 Å². The third-order valence-corrected chi connectivity index (χ3v) is 2.91. The molecule has 1 aromatic carbocycles. The first kappa shape index (κ1) is 11.7. The third-order valence-electron chi connectivity index (χ3n) is 2.91. The van der Waals surface area contributed by atoms with Gasteiger partial charge in [-0.05, 0) is 29.0 Å². The second-order valence-electron chi connectivity index (χ2n) is 4.94. The highest BCUT2D eigenvalue weighted by Crippen LogP contribution is 2.34. The Labute approximate surface area is 90.5 Å². The Morgan fingerprint density at radius 2 is 1.93 bits per heavy atom. The van der Waals surface area contributed by atoms with Crippen LogP contribution in [0.15, 0.2) is 18.2 Å². The average Bonchev–Trinajstić information content (AvgIpc) is 2.15. The van der Waals surface area contributed by atoms with Crippen molar-refractivity contribution in [3.05, 3.63) is 35.1 Å². The molecule has 15 heavy (non-hydrogen) atoms. The minimum atomic E-state index is -0.425. The van der Waals surface area contributed by atoms with E-state index in [4.69, 9.17) is 5.26 Å². The van der Waals surface area contributed by atoms with Crippen LogP contribution in [0.2, 0.25) is 0 Å². The van der Waals surface area contributed by atoms with Crippen molar-refractivity contribution >= 4 is 0 Å². The average molecular weight is 205 g/mol. The van der Waals surface area contributed by atoms with Crippen molar-refractivity contribution in [2.24, 2.45) is 5.41 Å². The summed E-state index contributed by atoms with van der Waals surface area (Å²) in [5, 5.41) is 8.62. The second kappa shape index (κ2) is 4.02. The van der Waals surface area contributed by atoms with Crippen LogP contribution in [0.5, 0.6) is 0 Å². The lowest BCUT2D eigenvalue weighted by Gasteiger charge is -2.27. The molecule has 0 aliphatic rings. The highest BCUT2D eigenvalue weighted by molar-refractivity contribution is 5.35. The van der Waals surface area contributed by atoms with Gasteiger partial charge in [0.25, 0.3) is 0 Å². The Kier molecular flexibility index (Phi) is 3.14. The number of hydrogen-bond acceptors (Lipinski definition) is 1. The Morgan fingerprint density at radius 1 is 1.33 bits per heavy atom. The van der Waals surface area contributed by atoms with Crippen molar-refractivity contribution in [2.45, 2.75) is 33.6 Å². The van der Waals surface area contributed by atoms with Gasteiger partial charge in [0, 0.05) is 0 Å². The zero-order chi connectivity index (χ0) is 11.6. The summed E-state index contributed by atoms with van der Waals surface area (Å²) in [5.74, 6) is -0.161. The van der Waals surface area contributed by atoms with Crippen molar-refractivity contribution in [1.29, 1.82) is 5.26 Å². The van der Waals surface area contributed by atoms with Gasteiger partial charge in [0.05, 0.1) is 5.56 Å². The number of hydrogen-bond donors (Lipinski definition) is 0. The van der Waals surface area contributed by atoms with Gasteiger partial charge in [0.1, 0.15) is 11.9 Å². The summed E-state index contributed by atoms with van der Waals surface area (Å²) in [6.07, 6.45) is 0. The molecule has 0 bridgehead atoms. The van der Waals surface area contributed by atoms with Gasteiger partial charge in [-0.15, -0.1) is 0 Å². The molecule has 0 N–H and O–H groups in total. The third kappa shape index (κ3) is 2.56. The first-order chi connectivity index (χ1) is 6.86. The minimum absolute atomic E-state index is 0.0978. The lowest BCUT2D eigenvalue weighted by atomic mass is 9.78. The summed E-state index contributed by atoms with van der Waals surface area (Å²) < 4.78 is 13.4. The zero-order valence-electron chi connectivity index (χ0n) is 9.63. The molecule has 2 heteroatoms. The first-order valence-electron chi connectivity index (χ1n) is 5.06. The first-order valence-corrected chi connectivity index (χ1v) is 5.06. The molecule has 0 heterocycles. The van der Waals surface area contributed by atoms with Gasteiger partial charge < -0.3 is 0 Å². The summed E-state index contributed by atoms with van der Waals surface area (Å²) in [5.41, 5.74) is 1.15. The number of rotatable bonds is 1. The normalized spacial score (nSPS) is 13.3. The van der Waals surface area contributed by atoms with E-state index in [2.05, 4.69) is 27.7 Å². The van der Waals surface area contributed by atoms with Gasteiger partial charge in [-0.1, -0.05) is 33.8 Å². The molecule has 1 nitrogen and oxygen atoms in total. The smallest absolute Gasteiger partial charge is 0.141 e. The fourth-order valence-corrected chi connectivity index (χ4v) is 1.39. The van der Waals surface area contributed by atoms with Crippen molar-refractivity contribution in [2.75, 3.05) is 0 Å². The van der Waals surface area contributed by atoms with Crippen LogP contribution in [0.1, 0.15) is 44.7 Å². The minimum Gasteiger partial charge on any atom is -0.206 e. The van der Waals surface area contributed by atoms with Crippen LogP contribution in [0.25, 0.3) is 0 Å². The van der Waals surface area contributed by atoms with E-state index < -0.39 is 5.82 Å². The second-order valence-corrected chi connectivity index (χ2v) is 4.94. The van der Waals surface area contributed by atoms with Crippen LogP contribution < -0.4 is 0 Å². The van der Waals surface area contributed by atoms with Crippen LogP contribution in [-0.2, 0) is 0 Å². The fourth-order valence-electron chi connectivity index (χ4n) is 1.39. The molecule has 0 radical (unpaired) electrons. The number of halogens is 1. The lowest BCUT2D eigenvalue weighted by molar-refractivity contribution is 0.339. The van der Waals surface area contributed by atoms with Gasteiger partial charge in [0.2, 0.25) is 0 Å². The molecule has 0 aromatic heterocycles. The predicted octanol–water partition coefficient (Wildman–Crippen LogP) is 3.85. The van der Waals surface area contributed by atoms with E-state index in [1.807, 2.05) is 12.1 Å². The van der Waals surface area contributed by atoms with Gasteiger partial charge in [-0.2, -0.15) is 5.26 Å². The molecule has 0 aliphatic carbocycles. The van der Waals surface area contributed by atoms with Gasteiger partial charge >= 0.3 is 0 Å². The highest BCUT2D eigenvalue weighted by atomic mass is 19.1. The van der Waals surface area contributed by atoms with Gasteiger partial charge in [0.15, 0.2) is 0 Å². The Hall–Kier alpha value is -1.36. The maximum atomic E-state index is 13.4. The summed E-state index contributed by atoms with van der Waals surface area (Å²) in [6.45, 7) is 8.43. The van der Waals surface area contributed by atoms with Crippen molar-refractivity contribution < 1.29 is 4.39 Å². The molecule has 0 aliphatic heterocycles. The molecular weight excluding hydrogens is 189 g/mol. The van der Waals surface area contributed by atoms with Crippen LogP contribution in [0, 0.1) is 22.6 Å². The molecule has 0 amide bonds. The molecule has 1 atom stereocenters. The topological polar surface area (TPSA) is 23.8 Å². The molecule has 80 valence electrons. The maximum absolute atomic E-state index is 13.4. The molecule has 0 unspecified atom stereocenters. The van der Waals surface area contributed by atoms with E-state index in [0.717, 1.165) is 5.56 Å². The standard InChI is InChI=1S/C13H16FN/c1-9(13(2,3)4)10-5-6-11(8-15)12(14)7-10/h5-7,9H,1-4H3/t9-/m1/s1. The van der Waals surface area contributed by atoms with Crippen molar-refractivity contribution in [3.8, 4) is 6.07 Å².